The van der Waals surface area contributed by atoms with Crippen LogP contribution in [-0.2, 0) is 6.54 Å². The van der Waals surface area contributed by atoms with Crippen LogP contribution in [0.15, 0.2) is 16.9 Å². The fourth-order valence-electron chi connectivity index (χ4n) is 2.43. The van der Waals surface area contributed by atoms with Crippen LogP contribution in [0.2, 0.25) is 0 Å². The Balaban J connectivity index is 1.73. The lowest BCUT2D eigenvalue weighted by Crippen LogP contribution is -2.47. The van der Waals surface area contributed by atoms with Crippen LogP contribution in [0, 0.1) is 5.41 Å². The zero-order chi connectivity index (χ0) is 13.7. The molecule has 19 heavy (non-hydrogen) atoms. The van der Waals surface area contributed by atoms with E-state index < -0.39 is 0 Å². The van der Waals surface area contributed by atoms with Crippen molar-refractivity contribution < 1.29 is 14.4 Å². The van der Waals surface area contributed by atoms with Gasteiger partial charge >= 0.3 is 6.03 Å². The average molecular weight is 267 g/mol. The number of amides is 2. The van der Waals surface area contributed by atoms with Crippen LogP contribution in [0.25, 0.3) is 0 Å². The first-order chi connectivity index (χ1) is 9.10. The molecule has 0 spiro atoms. The molecule has 3 N–H and O–H groups in total. The highest BCUT2D eigenvalue weighted by Gasteiger charge is 2.35. The molecule has 0 radical (unpaired) electrons. The van der Waals surface area contributed by atoms with Crippen molar-refractivity contribution >= 4 is 6.03 Å². The Labute approximate surface area is 112 Å². The minimum atomic E-state index is -0.336. The van der Waals surface area contributed by atoms with Crippen molar-refractivity contribution in [3.8, 4) is 0 Å². The van der Waals surface area contributed by atoms with Crippen LogP contribution in [0.4, 0.5) is 4.79 Å². The Morgan fingerprint density at radius 3 is 3.11 bits per heavy atom. The predicted octanol–water partition coefficient (Wildman–Crippen LogP) is 1.41. The Morgan fingerprint density at radius 1 is 1.58 bits per heavy atom. The number of aliphatic hydroxyl groups excluding tert-OH is 1. The number of aromatic nitrogens is 1. The summed E-state index contributed by atoms with van der Waals surface area (Å²) < 4.78 is 4.68. The Bertz CT molecular complexity index is 407. The number of rotatable bonds is 4. The van der Waals surface area contributed by atoms with Crippen molar-refractivity contribution in [2.45, 2.75) is 45.3 Å². The molecule has 2 amide bonds. The highest BCUT2D eigenvalue weighted by Crippen LogP contribution is 2.35. The van der Waals surface area contributed by atoms with Gasteiger partial charge in [-0.25, -0.2) is 4.79 Å². The van der Waals surface area contributed by atoms with Gasteiger partial charge in [0.1, 0.15) is 12.0 Å². The van der Waals surface area contributed by atoms with E-state index in [1.165, 1.54) is 6.26 Å². The van der Waals surface area contributed by atoms with Gasteiger partial charge in [-0.05, 0) is 12.8 Å². The molecule has 1 saturated carbocycles. The van der Waals surface area contributed by atoms with Crippen LogP contribution in [-0.4, -0.2) is 28.9 Å². The van der Waals surface area contributed by atoms with E-state index in [1.807, 2.05) is 6.92 Å². The van der Waals surface area contributed by atoms with E-state index in [9.17, 15) is 9.90 Å². The number of hydrogen-bond donors (Lipinski definition) is 3. The molecular formula is C13H21N3O3. The molecule has 1 fully saturated rings. The lowest BCUT2D eigenvalue weighted by atomic mass is 9.73. The molecule has 6 nitrogen and oxygen atoms in total. The third kappa shape index (κ3) is 3.70. The van der Waals surface area contributed by atoms with Gasteiger partial charge in [0, 0.05) is 18.0 Å². The third-order valence-corrected chi connectivity index (χ3v) is 3.85. The van der Waals surface area contributed by atoms with Gasteiger partial charge in [0.05, 0.1) is 12.6 Å². The summed E-state index contributed by atoms with van der Waals surface area (Å²) in [5.74, 6) is 0. The van der Waals surface area contributed by atoms with Crippen molar-refractivity contribution in [2.24, 2.45) is 5.41 Å². The average Bonchev–Trinajstić information content (AvgIpc) is 2.91. The van der Waals surface area contributed by atoms with Gasteiger partial charge in [-0.2, -0.15) is 0 Å². The lowest BCUT2D eigenvalue weighted by Gasteiger charge is -2.38. The van der Waals surface area contributed by atoms with Crippen LogP contribution in [0.5, 0.6) is 0 Å². The van der Waals surface area contributed by atoms with Crippen molar-refractivity contribution in [2.75, 3.05) is 6.54 Å². The molecule has 1 aromatic rings. The molecule has 1 aliphatic rings. The number of nitrogens with one attached hydrogen (secondary N) is 2. The van der Waals surface area contributed by atoms with Crippen LogP contribution in [0.1, 0.15) is 38.3 Å². The minimum absolute atomic E-state index is 0.219. The maximum Gasteiger partial charge on any atom is 0.315 e. The molecule has 0 aliphatic heterocycles. The van der Waals surface area contributed by atoms with Crippen LogP contribution < -0.4 is 10.6 Å². The van der Waals surface area contributed by atoms with Gasteiger partial charge in [0.2, 0.25) is 0 Å². The zero-order valence-electron chi connectivity index (χ0n) is 11.2. The molecule has 2 atom stereocenters. The molecular weight excluding hydrogens is 246 g/mol. The normalized spacial score (nSPS) is 26.9. The highest BCUT2D eigenvalue weighted by atomic mass is 16.5. The maximum absolute atomic E-state index is 11.7. The second kappa shape index (κ2) is 6.06. The summed E-state index contributed by atoms with van der Waals surface area (Å²) in [6, 6.07) is 1.45. The third-order valence-electron chi connectivity index (χ3n) is 3.85. The van der Waals surface area contributed by atoms with Gasteiger partial charge in [-0.15, -0.1) is 0 Å². The molecule has 1 aliphatic carbocycles. The van der Waals surface area contributed by atoms with Gasteiger partial charge in [-0.3, -0.25) is 0 Å². The number of hydrogen-bond acceptors (Lipinski definition) is 4. The van der Waals surface area contributed by atoms with Crippen LogP contribution in [0.3, 0.4) is 0 Å². The number of carbonyl (C=O) groups excluding carboxylic acids is 1. The lowest BCUT2D eigenvalue weighted by molar-refractivity contribution is 0.00308. The molecule has 0 bridgehead atoms. The smallest absolute Gasteiger partial charge is 0.315 e. The van der Waals surface area contributed by atoms with Gasteiger partial charge in [-0.1, -0.05) is 24.9 Å². The molecule has 1 aromatic heterocycles. The van der Waals surface area contributed by atoms with E-state index in [1.54, 1.807) is 6.07 Å². The Kier molecular flexibility index (Phi) is 4.42. The molecule has 2 rings (SSSR count). The van der Waals surface area contributed by atoms with E-state index in [0.29, 0.717) is 18.8 Å². The minimum Gasteiger partial charge on any atom is -0.392 e. The number of aliphatic hydroxyl groups is 1. The summed E-state index contributed by atoms with van der Waals surface area (Å²) in [6.07, 6.45) is 5.06. The summed E-state index contributed by atoms with van der Waals surface area (Å²) >= 11 is 0. The molecule has 6 heteroatoms. The SMILES string of the molecule is CC1(CNC(=O)NCc2ccon2)CCCCC1O. The van der Waals surface area contributed by atoms with Crippen LogP contribution >= 0.6 is 0 Å². The topological polar surface area (TPSA) is 87.4 Å². The summed E-state index contributed by atoms with van der Waals surface area (Å²) in [4.78, 5) is 11.7. The summed E-state index contributed by atoms with van der Waals surface area (Å²) in [5, 5.41) is 19.3. The molecule has 106 valence electrons. The monoisotopic (exact) mass is 267 g/mol. The van der Waals surface area contributed by atoms with Crippen molar-refractivity contribution in [1.29, 1.82) is 0 Å². The van der Waals surface area contributed by atoms with Crippen molar-refractivity contribution in [1.82, 2.24) is 15.8 Å². The second-order valence-corrected chi connectivity index (χ2v) is 5.44. The summed E-state index contributed by atoms with van der Waals surface area (Å²) in [5.41, 5.74) is 0.461. The van der Waals surface area contributed by atoms with E-state index >= 15 is 0 Å². The Morgan fingerprint density at radius 2 is 2.42 bits per heavy atom. The molecule has 0 saturated heterocycles. The highest BCUT2D eigenvalue weighted by molar-refractivity contribution is 5.73. The van der Waals surface area contributed by atoms with E-state index in [4.69, 9.17) is 0 Å². The maximum atomic E-state index is 11.7. The Hall–Kier alpha value is -1.56. The first-order valence-electron chi connectivity index (χ1n) is 6.69. The van der Waals surface area contributed by atoms with Gasteiger partial charge in [0.25, 0.3) is 0 Å². The fraction of sp³-hybridized carbons (Fsp3) is 0.692. The molecule has 0 aromatic carbocycles. The van der Waals surface area contributed by atoms with E-state index in [2.05, 4.69) is 20.3 Å². The second-order valence-electron chi connectivity index (χ2n) is 5.44. The zero-order valence-corrected chi connectivity index (χ0v) is 11.2. The number of urea groups is 1. The predicted molar refractivity (Wildman–Crippen MR) is 69.3 cm³/mol. The fourth-order valence-corrected chi connectivity index (χ4v) is 2.43. The quantitative estimate of drug-likeness (QED) is 0.769. The number of nitrogens with zero attached hydrogens (tertiary/aromatic N) is 1. The molecule has 2 unspecified atom stereocenters. The van der Waals surface area contributed by atoms with E-state index in [-0.39, 0.29) is 17.6 Å². The first kappa shape index (κ1) is 13.9. The van der Waals surface area contributed by atoms with Gasteiger partial charge in [0.15, 0.2) is 0 Å². The number of carbonyl (C=O) groups is 1. The summed E-state index contributed by atoms with van der Waals surface area (Å²) in [6.45, 7) is 2.84. The standard InChI is InChI=1S/C13H21N3O3/c1-13(6-3-2-4-11(13)17)9-15-12(18)14-8-10-5-7-19-16-10/h5,7,11,17H,2-4,6,8-9H2,1H3,(H2,14,15,18). The first-order valence-corrected chi connectivity index (χ1v) is 6.69. The molecule has 1 heterocycles. The largest absolute Gasteiger partial charge is 0.392 e. The summed E-state index contributed by atoms with van der Waals surface area (Å²) in [7, 11) is 0. The van der Waals surface area contributed by atoms with Crippen molar-refractivity contribution in [3.63, 3.8) is 0 Å². The van der Waals surface area contributed by atoms with E-state index in [0.717, 1.165) is 25.7 Å². The van der Waals surface area contributed by atoms with Crippen molar-refractivity contribution in [3.05, 3.63) is 18.0 Å². The van der Waals surface area contributed by atoms with Gasteiger partial charge < -0.3 is 20.3 Å².